The average Bonchev–Trinajstić information content (AvgIpc) is 2.18. The first kappa shape index (κ1) is 9.36. The molecule has 6 heteroatoms. The molecule has 0 aliphatic carbocycles. The summed E-state index contributed by atoms with van der Waals surface area (Å²) in [5.41, 5.74) is 0. The zero-order chi connectivity index (χ0) is 9.97. The first-order valence-electron chi connectivity index (χ1n) is 4.14. The number of aromatic nitrogens is 2. The summed E-state index contributed by atoms with van der Waals surface area (Å²) in [5, 5.41) is 0.141. The highest BCUT2D eigenvalue weighted by molar-refractivity contribution is 6.28. The fraction of sp³-hybridized carbons (Fsp3) is 0.375. The van der Waals surface area contributed by atoms with Crippen molar-refractivity contribution < 1.29 is 9.53 Å². The van der Waals surface area contributed by atoms with Crippen molar-refractivity contribution in [2.45, 2.75) is 0 Å². The monoisotopic (exact) mass is 213 g/mol. The van der Waals surface area contributed by atoms with Crippen molar-refractivity contribution in [3.05, 3.63) is 17.5 Å². The molecule has 0 aromatic carbocycles. The average molecular weight is 214 g/mol. The van der Waals surface area contributed by atoms with E-state index >= 15 is 0 Å². The van der Waals surface area contributed by atoms with E-state index in [0.29, 0.717) is 19.0 Å². The van der Waals surface area contributed by atoms with Crippen LogP contribution >= 0.6 is 11.6 Å². The molecule has 1 aliphatic heterocycles. The molecule has 1 saturated heterocycles. The van der Waals surface area contributed by atoms with Gasteiger partial charge in [-0.2, -0.15) is 0 Å². The number of rotatable bonds is 1. The Bertz CT molecular complexity index is 358. The molecule has 14 heavy (non-hydrogen) atoms. The molecule has 0 radical (unpaired) electrons. The Morgan fingerprint density at radius 1 is 1.57 bits per heavy atom. The van der Waals surface area contributed by atoms with Crippen molar-refractivity contribution in [3.63, 3.8) is 0 Å². The van der Waals surface area contributed by atoms with Crippen molar-refractivity contribution in [2.75, 3.05) is 24.7 Å². The van der Waals surface area contributed by atoms with Crippen LogP contribution in [0.3, 0.4) is 0 Å². The van der Waals surface area contributed by atoms with Gasteiger partial charge < -0.3 is 4.74 Å². The summed E-state index contributed by atoms with van der Waals surface area (Å²) in [6.45, 7) is 1.13. The molecule has 1 fully saturated rings. The summed E-state index contributed by atoms with van der Waals surface area (Å²) < 4.78 is 5.00. The first-order chi connectivity index (χ1) is 6.77. The van der Waals surface area contributed by atoms with E-state index in [4.69, 9.17) is 16.3 Å². The smallest absolute Gasteiger partial charge is 0.254 e. The van der Waals surface area contributed by atoms with Gasteiger partial charge in [-0.15, -0.1) is 0 Å². The number of nitrogens with zero attached hydrogens (tertiary/aromatic N) is 3. The molecule has 0 spiro atoms. The number of hydrogen-bond acceptors (Lipinski definition) is 4. The summed E-state index contributed by atoms with van der Waals surface area (Å²) in [5.74, 6) is 0.421. The third-order valence-electron chi connectivity index (χ3n) is 1.87. The van der Waals surface area contributed by atoms with E-state index in [1.807, 2.05) is 0 Å². The Hall–Kier alpha value is -1.20. The lowest BCUT2D eigenvalue weighted by molar-refractivity contribution is -0.125. The predicted molar refractivity (Wildman–Crippen MR) is 50.2 cm³/mol. The number of amides is 1. The van der Waals surface area contributed by atoms with Gasteiger partial charge in [0, 0.05) is 6.20 Å². The van der Waals surface area contributed by atoms with E-state index in [9.17, 15) is 4.79 Å². The van der Waals surface area contributed by atoms with Crippen LogP contribution in [0.5, 0.6) is 0 Å². The molecule has 0 atom stereocenters. The molecule has 1 aromatic rings. The molecule has 1 aromatic heterocycles. The summed E-state index contributed by atoms with van der Waals surface area (Å²) in [6.07, 6.45) is 1.52. The van der Waals surface area contributed by atoms with Crippen molar-refractivity contribution >= 4 is 23.3 Å². The number of carbonyl (C=O) groups is 1. The van der Waals surface area contributed by atoms with Gasteiger partial charge in [-0.25, -0.2) is 9.97 Å². The molecule has 2 heterocycles. The molecule has 5 nitrogen and oxygen atoms in total. The maximum absolute atomic E-state index is 11.4. The zero-order valence-electron chi connectivity index (χ0n) is 7.31. The van der Waals surface area contributed by atoms with Crippen LogP contribution in [0.25, 0.3) is 0 Å². The molecule has 0 N–H and O–H groups in total. The minimum atomic E-state index is -0.106. The van der Waals surface area contributed by atoms with Crippen LogP contribution in [-0.4, -0.2) is 35.6 Å². The van der Waals surface area contributed by atoms with E-state index < -0.39 is 0 Å². The summed E-state index contributed by atoms with van der Waals surface area (Å²) in [4.78, 5) is 20.6. The molecule has 1 aliphatic rings. The molecule has 0 bridgehead atoms. The maximum atomic E-state index is 11.4. The first-order valence-corrected chi connectivity index (χ1v) is 4.52. The van der Waals surface area contributed by atoms with Crippen LogP contribution < -0.4 is 4.90 Å². The number of carbonyl (C=O) groups excluding carboxylic acids is 1. The third kappa shape index (κ3) is 1.83. The van der Waals surface area contributed by atoms with Crippen LogP contribution in [-0.2, 0) is 9.53 Å². The lowest BCUT2D eigenvalue weighted by Crippen LogP contribution is -2.42. The SMILES string of the molecule is O=C1COCCN1c1ccnc(Cl)n1. The number of ether oxygens (including phenoxy) is 1. The van der Waals surface area contributed by atoms with Gasteiger partial charge >= 0.3 is 0 Å². The topological polar surface area (TPSA) is 55.3 Å². The zero-order valence-corrected chi connectivity index (χ0v) is 8.07. The predicted octanol–water partition coefficient (Wildman–Crippen LogP) is 0.493. The van der Waals surface area contributed by atoms with Gasteiger partial charge in [0.25, 0.3) is 5.91 Å². The number of hydrogen-bond donors (Lipinski definition) is 0. The summed E-state index contributed by atoms with van der Waals surface area (Å²) >= 11 is 5.62. The third-order valence-corrected chi connectivity index (χ3v) is 2.06. The number of anilines is 1. The van der Waals surface area contributed by atoms with Gasteiger partial charge in [0.15, 0.2) is 0 Å². The van der Waals surface area contributed by atoms with Crippen molar-refractivity contribution in [3.8, 4) is 0 Å². The molecule has 0 saturated carbocycles. The van der Waals surface area contributed by atoms with Gasteiger partial charge in [0.2, 0.25) is 5.28 Å². The van der Waals surface area contributed by atoms with Gasteiger partial charge in [-0.05, 0) is 17.7 Å². The molecular weight excluding hydrogens is 206 g/mol. The molecule has 74 valence electrons. The number of halogens is 1. The van der Waals surface area contributed by atoms with Crippen LogP contribution in [0, 0.1) is 0 Å². The van der Waals surface area contributed by atoms with Crippen LogP contribution in [0.1, 0.15) is 0 Å². The maximum Gasteiger partial charge on any atom is 0.254 e. The van der Waals surface area contributed by atoms with E-state index in [1.54, 1.807) is 6.07 Å². The fourth-order valence-corrected chi connectivity index (χ4v) is 1.38. The Morgan fingerprint density at radius 3 is 3.14 bits per heavy atom. The quantitative estimate of drug-likeness (QED) is 0.638. The highest BCUT2D eigenvalue weighted by Gasteiger charge is 2.21. The molecule has 0 unspecified atom stereocenters. The van der Waals surface area contributed by atoms with Crippen molar-refractivity contribution in [2.24, 2.45) is 0 Å². The highest BCUT2D eigenvalue weighted by Crippen LogP contribution is 2.14. The largest absolute Gasteiger partial charge is 0.370 e. The summed E-state index contributed by atoms with van der Waals surface area (Å²) in [6, 6.07) is 1.65. The molecular formula is C8H8ClN3O2. The Labute approximate surface area is 85.7 Å². The van der Waals surface area contributed by atoms with Gasteiger partial charge in [0.05, 0.1) is 13.2 Å². The van der Waals surface area contributed by atoms with Gasteiger partial charge in [0.1, 0.15) is 12.4 Å². The van der Waals surface area contributed by atoms with E-state index in [0.717, 1.165) is 0 Å². The lowest BCUT2D eigenvalue weighted by atomic mass is 10.4. The minimum absolute atomic E-state index is 0.0988. The minimum Gasteiger partial charge on any atom is -0.370 e. The lowest BCUT2D eigenvalue weighted by Gasteiger charge is -2.25. The van der Waals surface area contributed by atoms with Crippen LogP contribution in [0.4, 0.5) is 5.82 Å². The highest BCUT2D eigenvalue weighted by atomic mass is 35.5. The second-order valence-corrected chi connectivity index (χ2v) is 3.12. The standard InChI is InChI=1S/C8H8ClN3O2/c9-8-10-2-1-6(11-8)12-3-4-14-5-7(12)13/h1-2H,3-5H2. The van der Waals surface area contributed by atoms with Gasteiger partial charge in [-0.1, -0.05) is 0 Å². The summed E-state index contributed by atoms with van der Waals surface area (Å²) in [7, 11) is 0. The van der Waals surface area contributed by atoms with Crippen LogP contribution in [0.2, 0.25) is 5.28 Å². The Kier molecular flexibility index (Phi) is 2.60. The van der Waals surface area contributed by atoms with Gasteiger partial charge in [-0.3, -0.25) is 9.69 Å². The van der Waals surface area contributed by atoms with E-state index in [1.165, 1.54) is 11.1 Å². The fourth-order valence-electron chi connectivity index (χ4n) is 1.24. The normalized spacial score (nSPS) is 17.2. The molecule has 2 rings (SSSR count). The van der Waals surface area contributed by atoms with Crippen molar-refractivity contribution in [1.82, 2.24) is 9.97 Å². The second kappa shape index (κ2) is 3.89. The Morgan fingerprint density at radius 2 is 2.43 bits per heavy atom. The molecule has 1 amide bonds. The van der Waals surface area contributed by atoms with Crippen molar-refractivity contribution in [1.29, 1.82) is 0 Å². The van der Waals surface area contributed by atoms with E-state index in [-0.39, 0.29) is 17.8 Å². The number of morpholine rings is 1. The van der Waals surface area contributed by atoms with E-state index in [2.05, 4.69) is 9.97 Å². The second-order valence-electron chi connectivity index (χ2n) is 2.78. The Balaban J connectivity index is 2.24. The van der Waals surface area contributed by atoms with Crippen LogP contribution in [0.15, 0.2) is 12.3 Å².